The molecule has 5 nitrogen and oxygen atoms in total. The molecule has 1 aliphatic heterocycles. The van der Waals surface area contributed by atoms with Crippen LogP contribution in [0.2, 0.25) is 0 Å². The molecule has 2 heterocycles. The maximum atomic E-state index is 12.5. The summed E-state index contributed by atoms with van der Waals surface area (Å²) in [5.74, 6) is 1.84. The predicted molar refractivity (Wildman–Crippen MR) is 85.0 cm³/mol. The molecule has 1 aliphatic carbocycles. The molecular formula is C18H19N3O2. The normalized spacial score (nSPS) is 26.1. The van der Waals surface area contributed by atoms with Gasteiger partial charge in [0.15, 0.2) is 5.69 Å². The highest BCUT2D eigenvalue weighted by molar-refractivity contribution is 5.92. The first-order valence-corrected chi connectivity index (χ1v) is 8.10. The van der Waals surface area contributed by atoms with Crippen molar-refractivity contribution in [3.63, 3.8) is 0 Å². The lowest BCUT2D eigenvalue weighted by Crippen LogP contribution is -2.33. The van der Waals surface area contributed by atoms with Crippen LogP contribution in [0.15, 0.2) is 48.7 Å². The van der Waals surface area contributed by atoms with Gasteiger partial charge in [-0.3, -0.25) is 4.79 Å². The van der Waals surface area contributed by atoms with E-state index in [9.17, 15) is 4.79 Å². The van der Waals surface area contributed by atoms with Gasteiger partial charge in [-0.05, 0) is 43.0 Å². The number of ether oxygens (including phenoxy) is 1. The average Bonchev–Trinajstić information content (AvgIpc) is 3.18. The molecule has 2 fully saturated rings. The first-order valence-electron chi connectivity index (χ1n) is 8.10. The molecule has 1 amide bonds. The van der Waals surface area contributed by atoms with E-state index in [1.165, 1.54) is 0 Å². The fraction of sp³-hybridized carbons (Fsp3) is 0.389. The second-order valence-electron chi connectivity index (χ2n) is 6.29. The lowest BCUT2D eigenvalue weighted by Gasteiger charge is -2.21. The second-order valence-corrected chi connectivity index (χ2v) is 6.29. The zero-order chi connectivity index (χ0) is 15.6. The van der Waals surface area contributed by atoms with E-state index >= 15 is 0 Å². The van der Waals surface area contributed by atoms with Gasteiger partial charge in [0.05, 0.1) is 0 Å². The van der Waals surface area contributed by atoms with Crippen LogP contribution in [-0.4, -0.2) is 40.2 Å². The number of rotatable bonds is 3. The van der Waals surface area contributed by atoms with Crippen LogP contribution < -0.4 is 4.74 Å². The van der Waals surface area contributed by atoms with Gasteiger partial charge >= 0.3 is 0 Å². The third kappa shape index (κ3) is 2.79. The minimum atomic E-state index is -0.0223. The number of amides is 1. The maximum Gasteiger partial charge on any atom is 0.274 e. The summed E-state index contributed by atoms with van der Waals surface area (Å²) in [6.07, 6.45) is 3.96. The van der Waals surface area contributed by atoms with E-state index in [0.29, 0.717) is 17.5 Å². The van der Waals surface area contributed by atoms with Crippen LogP contribution in [0.3, 0.4) is 0 Å². The summed E-state index contributed by atoms with van der Waals surface area (Å²) in [6, 6.07) is 13.4. The third-order valence-electron chi connectivity index (χ3n) is 4.90. The fourth-order valence-electron chi connectivity index (χ4n) is 3.78. The molecule has 1 saturated heterocycles. The van der Waals surface area contributed by atoms with E-state index in [1.54, 1.807) is 18.3 Å². The Bertz CT molecular complexity index is 677. The van der Waals surface area contributed by atoms with Crippen LogP contribution in [-0.2, 0) is 0 Å². The molecule has 2 aliphatic rings. The van der Waals surface area contributed by atoms with Crippen molar-refractivity contribution in [3.8, 4) is 5.75 Å². The van der Waals surface area contributed by atoms with Crippen LogP contribution in [0, 0.1) is 11.8 Å². The van der Waals surface area contributed by atoms with Gasteiger partial charge in [-0.1, -0.05) is 18.2 Å². The van der Waals surface area contributed by atoms with Gasteiger partial charge in [0.1, 0.15) is 11.9 Å². The van der Waals surface area contributed by atoms with E-state index in [1.807, 2.05) is 35.2 Å². The number of carbonyl (C=O) groups is 1. The summed E-state index contributed by atoms with van der Waals surface area (Å²) in [7, 11) is 0. The number of hydrogen-bond acceptors (Lipinski definition) is 4. The van der Waals surface area contributed by atoms with Crippen molar-refractivity contribution in [1.29, 1.82) is 0 Å². The number of nitrogens with zero attached hydrogens (tertiary/aromatic N) is 3. The zero-order valence-corrected chi connectivity index (χ0v) is 12.8. The van der Waals surface area contributed by atoms with Crippen LogP contribution in [0.25, 0.3) is 0 Å². The molecule has 0 radical (unpaired) electrons. The number of benzene rings is 1. The molecule has 5 heteroatoms. The summed E-state index contributed by atoms with van der Waals surface area (Å²) in [5.41, 5.74) is 0.424. The van der Waals surface area contributed by atoms with E-state index in [2.05, 4.69) is 10.2 Å². The molecular weight excluding hydrogens is 290 g/mol. The highest BCUT2D eigenvalue weighted by Gasteiger charge is 2.45. The molecule has 118 valence electrons. The topological polar surface area (TPSA) is 55.3 Å². The summed E-state index contributed by atoms with van der Waals surface area (Å²) in [4.78, 5) is 14.4. The van der Waals surface area contributed by atoms with E-state index in [0.717, 1.165) is 31.7 Å². The SMILES string of the molecule is O=C(c1cccnn1)N1C[C@@H]2CC[C@H](Oc3ccccc3)[C@@H]2C1. The standard InChI is InChI=1S/C18H19N3O2/c22-18(16-7-4-10-19-20-16)21-11-13-8-9-17(15(13)12-21)23-14-5-2-1-3-6-14/h1-7,10,13,15,17H,8-9,11-12H2/t13-,15+,17-/m0/s1. The molecule has 0 unspecified atom stereocenters. The molecule has 0 bridgehead atoms. The average molecular weight is 309 g/mol. The van der Waals surface area contributed by atoms with Gasteiger partial charge < -0.3 is 9.64 Å². The first-order chi connectivity index (χ1) is 11.3. The van der Waals surface area contributed by atoms with Crippen molar-refractivity contribution in [1.82, 2.24) is 15.1 Å². The number of likely N-dealkylation sites (tertiary alicyclic amines) is 1. The maximum absolute atomic E-state index is 12.5. The fourth-order valence-corrected chi connectivity index (χ4v) is 3.78. The van der Waals surface area contributed by atoms with E-state index < -0.39 is 0 Å². The van der Waals surface area contributed by atoms with Gasteiger partial charge in [-0.2, -0.15) is 5.10 Å². The molecule has 4 rings (SSSR count). The summed E-state index contributed by atoms with van der Waals surface area (Å²) < 4.78 is 6.16. The van der Waals surface area contributed by atoms with Crippen LogP contribution in [0.1, 0.15) is 23.3 Å². The van der Waals surface area contributed by atoms with E-state index in [4.69, 9.17) is 4.74 Å². The number of para-hydroxylation sites is 1. The minimum absolute atomic E-state index is 0.0223. The van der Waals surface area contributed by atoms with Crippen molar-refractivity contribution in [3.05, 3.63) is 54.4 Å². The van der Waals surface area contributed by atoms with Gasteiger partial charge in [-0.15, -0.1) is 5.10 Å². The molecule has 1 saturated carbocycles. The summed E-state index contributed by atoms with van der Waals surface area (Å²) in [6.45, 7) is 1.55. The first kappa shape index (κ1) is 14.2. The second kappa shape index (κ2) is 5.99. The number of carbonyl (C=O) groups excluding carboxylic acids is 1. The van der Waals surface area contributed by atoms with Gasteiger partial charge in [-0.25, -0.2) is 0 Å². The monoisotopic (exact) mass is 309 g/mol. The third-order valence-corrected chi connectivity index (χ3v) is 4.90. The highest BCUT2D eigenvalue weighted by Crippen LogP contribution is 2.40. The summed E-state index contributed by atoms with van der Waals surface area (Å²) in [5, 5.41) is 7.73. The molecule has 1 aromatic carbocycles. The van der Waals surface area contributed by atoms with Crippen LogP contribution in [0.5, 0.6) is 5.75 Å². The Hall–Kier alpha value is -2.43. The van der Waals surface area contributed by atoms with Crippen molar-refractivity contribution in [2.75, 3.05) is 13.1 Å². The van der Waals surface area contributed by atoms with Crippen LogP contribution >= 0.6 is 0 Å². The van der Waals surface area contributed by atoms with Gasteiger partial charge in [0.2, 0.25) is 0 Å². The Morgan fingerprint density at radius 1 is 1.09 bits per heavy atom. The smallest absolute Gasteiger partial charge is 0.274 e. The van der Waals surface area contributed by atoms with Crippen molar-refractivity contribution < 1.29 is 9.53 Å². The van der Waals surface area contributed by atoms with Gasteiger partial charge in [0.25, 0.3) is 5.91 Å². The van der Waals surface area contributed by atoms with Crippen molar-refractivity contribution >= 4 is 5.91 Å². The lowest BCUT2D eigenvalue weighted by molar-refractivity contribution is 0.0755. The van der Waals surface area contributed by atoms with Crippen molar-refractivity contribution in [2.45, 2.75) is 18.9 Å². The minimum Gasteiger partial charge on any atom is -0.490 e. The van der Waals surface area contributed by atoms with Gasteiger partial charge in [0, 0.05) is 25.2 Å². The quantitative estimate of drug-likeness (QED) is 0.873. The molecule has 23 heavy (non-hydrogen) atoms. The van der Waals surface area contributed by atoms with Crippen molar-refractivity contribution in [2.24, 2.45) is 11.8 Å². The Kier molecular flexibility index (Phi) is 3.69. The molecule has 0 N–H and O–H groups in total. The Morgan fingerprint density at radius 2 is 1.96 bits per heavy atom. The zero-order valence-electron chi connectivity index (χ0n) is 12.8. The Morgan fingerprint density at radius 3 is 2.74 bits per heavy atom. The molecule has 1 aromatic heterocycles. The lowest BCUT2D eigenvalue weighted by atomic mass is 9.99. The molecule has 0 spiro atoms. The van der Waals surface area contributed by atoms with Crippen LogP contribution in [0.4, 0.5) is 0 Å². The largest absolute Gasteiger partial charge is 0.490 e. The predicted octanol–water partition coefficient (Wildman–Crippen LogP) is 2.41. The van der Waals surface area contributed by atoms with E-state index in [-0.39, 0.29) is 12.0 Å². The Balaban J connectivity index is 1.44. The Labute approximate surface area is 135 Å². The number of hydrogen-bond donors (Lipinski definition) is 0. The highest BCUT2D eigenvalue weighted by atomic mass is 16.5. The molecule has 3 atom stereocenters. The molecule has 2 aromatic rings. The number of fused-ring (bicyclic) bond motifs is 1. The number of aromatic nitrogens is 2. The summed E-state index contributed by atoms with van der Waals surface area (Å²) >= 11 is 0.